The molecule has 4 aromatic rings. The molecule has 1 N–H and O–H groups in total. The van der Waals surface area contributed by atoms with E-state index in [0.29, 0.717) is 23.7 Å². The number of H-pyrrole nitrogens is 1. The minimum absolute atomic E-state index is 0.0494. The fourth-order valence-electron chi connectivity index (χ4n) is 5.75. The number of para-hydroxylation sites is 1. The molecule has 1 aliphatic rings. The summed E-state index contributed by atoms with van der Waals surface area (Å²) >= 11 is 0. The van der Waals surface area contributed by atoms with Gasteiger partial charge in [-0.3, -0.25) is 9.59 Å². The van der Waals surface area contributed by atoms with E-state index in [-0.39, 0.29) is 23.8 Å². The van der Waals surface area contributed by atoms with Crippen LogP contribution in [0.15, 0.2) is 47.7 Å². The highest BCUT2D eigenvalue weighted by Gasteiger charge is 2.29. The molecule has 0 bridgehead atoms. The summed E-state index contributed by atoms with van der Waals surface area (Å²) in [5.74, 6) is 1.05. The highest BCUT2D eigenvalue weighted by Crippen LogP contribution is 2.36. The molecule has 182 valence electrons. The Kier molecular flexibility index (Phi) is 6.09. The molecule has 1 aromatic carbocycles. The van der Waals surface area contributed by atoms with Gasteiger partial charge in [-0.25, -0.2) is 4.98 Å². The van der Waals surface area contributed by atoms with Gasteiger partial charge in [-0.15, -0.1) is 0 Å². The van der Waals surface area contributed by atoms with Gasteiger partial charge >= 0.3 is 0 Å². The number of aryl methyl sites for hydroxylation is 2. The van der Waals surface area contributed by atoms with Crippen molar-refractivity contribution in [2.45, 2.75) is 59.0 Å². The van der Waals surface area contributed by atoms with Crippen LogP contribution in [-0.4, -0.2) is 32.0 Å². The van der Waals surface area contributed by atoms with Crippen LogP contribution >= 0.6 is 0 Å². The first kappa shape index (κ1) is 23.1. The van der Waals surface area contributed by atoms with Gasteiger partial charge in [0, 0.05) is 58.8 Å². The number of benzene rings is 1. The third-order valence-corrected chi connectivity index (χ3v) is 7.59. The second-order valence-electron chi connectivity index (χ2n) is 9.67. The van der Waals surface area contributed by atoms with E-state index in [4.69, 9.17) is 4.74 Å². The summed E-state index contributed by atoms with van der Waals surface area (Å²) in [7, 11) is 1.55. The van der Waals surface area contributed by atoms with Crippen molar-refractivity contribution in [3.63, 3.8) is 0 Å². The van der Waals surface area contributed by atoms with Crippen molar-refractivity contribution in [2.24, 2.45) is 5.92 Å². The molecule has 5 rings (SSSR count). The Hall–Kier alpha value is -3.61. The van der Waals surface area contributed by atoms with Crippen LogP contribution in [0, 0.1) is 19.8 Å². The quantitative estimate of drug-likeness (QED) is 0.392. The Labute approximate surface area is 204 Å². The lowest BCUT2D eigenvalue weighted by Gasteiger charge is -2.31. The first-order chi connectivity index (χ1) is 16.9. The standard InChI is InChI=1S/C28H32N4O3/c1-17-13-26(35-4)23(28(34)30-17)9-10-25(33)27-19(3)32(24-8-6-5-7-22(24)27)18(2)20-11-12-31-16-29-15-21(31)14-20/h5-8,13,15-16,18,20H,9-12,14H2,1-4H3,(H,30,34)/t18-,20?/m1/s1. The minimum Gasteiger partial charge on any atom is -0.496 e. The zero-order valence-electron chi connectivity index (χ0n) is 20.8. The minimum atomic E-state index is -0.195. The lowest BCUT2D eigenvalue weighted by molar-refractivity contribution is 0.0983. The maximum Gasteiger partial charge on any atom is 0.255 e. The largest absolute Gasteiger partial charge is 0.496 e. The molecule has 0 saturated heterocycles. The number of imidazole rings is 1. The van der Waals surface area contributed by atoms with Crippen LogP contribution in [-0.2, 0) is 19.4 Å². The Morgan fingerprint density at radius 2 is 2.09 bits per heavy atom. The maximum atomic E-state index is 13.6. The van der Waals surface area contributed by atoms with Gasteiger partial charge in [0.15, 0.2) is 5.78 Å². The zero-order valence-corrected chi connectivity index (χ0v) is 20.8. The lowest BCUT2D eigenvalue weighted by Crippen LogP contribution is -2.26. The molecule has 1 unspecified atom stereocenters. The summed E-state index contributed by atoms with van der Waals surface area (Å²) < 4.78 is 10.0. The van der Waals surface area contributed by atoms with Gasteiger partial charge in [0.25, 0.3) is 5.56 Å². The number of carbonyl (C=O) groups is 1. The second-order valence-corrected chi connectivity index (χ2v) is 9.67. The van der Waals surface area contributed by atoms with Gasteiger partial charge in [0.05, 0.1) is 19.0 Å². The fraction of sp³-hybridized carbons (Fsp3) is 0.393. The molecule has 0 saturated carbocycles. The molecule has 3 aromatic heterocycles. The number of hydrogen-bond acceptors (Lipinski definition) is 4. The van der Waals surface area contributed by atoms with Crippen molar-refractivity contribution in [3.8, 4) is 5.75 Å². The Morgan fingerprint density at radius 1 is 1.29 bits per heavy atom. The Balaban J connectivity index is 1.46. The van der Waals surface area contributed by atoms with E-state index < -0.39 is 0 Å². The third kappa shape index (κ3) is 4.09. The molecule has 0 amide bonds. The van der Waals surface area contributed by atoms with Crippen LogP contribution in [0.2, 0.25) is 0 Å². The predicted molar refractivity (Wildman–Crippen MR) is 136 cm³/mol. The number of ether oxygens (including phenoxy) is 1. The molecule has 7 heteroatoms. The zero-order chi connectivity index (χ0) is 24.7. The summed E-state index contributed by atoms with van der Waals surface area (Å²) in [6, 6.07) is 10.2. The predicted octanol–water partition coefficient (Wildman–Crippen LogP) is 4.79. The smallest absolute Gasteiger partial charge is 0.255 e. The highest BCUT2D eigenvalue weighted by atomic mass is 16.5. The number of pyridine rings is 1. The van der Waals surface area contributed by atoms with Gasteiger partial charge in [-0.2, -0.15) is 0 Å². The van der Waals surface area contributed by atoms with E-state index in [1.807, 2.05) is 37.6 Å². The fourth-order valence-corrected chi connectivity index (χ4v) is 5.75. The van der Waals surface area contributed by atoms with Crippen LogP contribution in [0.5, 0.6) is 5.75 Å². The molecule has 35 heavy (non-hydrogen) atoms. The molecule has 0 aliphatic carbocycles. The van der Waals surface area contributed by atoms with E-state index in [0.717, 1.165) is 47.2 Å². The van der Waals surface area contributed by atoms with Crippen molar-refractivity contribution in [3.05, 3.63) is 81.4 Å². The van der Waals surface area contributed by atoms with Crippen molar-refractivity contribution >= 4 is 16.7 Å². The number of aromatic amines is 1. The van der Waals surface area contributed by atoms with E-state index in [9.17, 15) is 9.59 Å². The Morgan fingerprint density at radius 3 is 2.89 bits per heavy atom. The SMILES string of the molecule is COc1cc(C)[nH]c(=O)c1CCC(=O)c1c(C)n([C@H](C)C2CCn3cncc3C2)c2ccccc12. The molecule has 1 aliphatic heterocycles. The van der Waals surface area contributed by atoms with Gasteiger partial charge in [0.2, 0.25) is 0 Å². The topological polar surface area (TPSA) is 81.9 Å². The molecule has 0 spiro atoms. The molecule has 0 fully saturated rings. The summed E-state index contributed by atoms with van der Waals surface area (Å²) in [5, 5.41) is 0.979. The molecular weight excluding hydrogens is 440 g/mol. The second kappa shape index (κ2) is 9.21. The summed E-state index contributed by atoms with van der Waals surface area (Å²) in [6.45, 7) is 7.11. The van der Waals surface area contributed by atoms with Crippen LogP contribution < -0.4 is 10.3 Å². The van der Waals surface area contributed by atoms with Crippen LogP contribution in [0.1, 0.15) is 58.8 Å². The monoisotopic (exact) mass is 472 g/mol. The average Bonchev–Trinajstić information content (AvgIpc) is 3.43. The van der Waals surface area contributed by atoms with Gasteiger partial charge in [-0.05, 0) is 58.1 Å². The number of methoxy groups -OCH3 is 1. The number of nitrogens with zero attached hydrogens (tertiary/aromatic N) is 3. The van der Waals surface area contributed by atoms with Crippen molar-refractivity contribution < 1.29 is 9.53 Å². The molecule has 0 radical (unpaired) electrons. The van der Waals surface area contributed by atoms with Crippen LogP contribution in [0.3, 0.4) is 0 Å². The van der Waals surface area contributed by atoms with E-state index in [1.54, 1.807) is 13.2 Å². The average molecular weight is 473 g/mol. The first-order valence-corrected chi connectivity index (χ1v) is 12.3. The number of aromatic nitrogens is 4. The van der Waals surface area contributed by atoms with Gasteiger partial charge in [0.1, 0.15) is 5.75 Å². The number of rotatable bonds is 7. The molecule has 4 heterocycles. The Bertz CT molecular complexity index is 1460. The van der Waals surface area contributed by atoms with Crippen molar-refractivity contribution in [2.75, 3.05) is 7.11 Å². The number of Topliss-reactive ketones (excluding diaryl/α,β-unsaturated/α-hetero) is 1. The number of ketones is 1. The number of carbonyl (C=O) groups excluding carboxylic acids is 1. The van der Waals surface area contributed by atoms with E-state index >= 15 is 0 Å². The van der Waals surface area contributed by atoms with Crippen molar-refractivity contribution in [1.82, 2.24) is 19.1 Å². The van der Waals surface area contributed by atoms with Gasteiger partial charge in [-0.1, -0.05) is 18.2 Å². The lowest BCUT2D eigenvalue weighted by atomic mass is 9.89. The van der Waals surface area contributed by atoms with E-state index in [1.165, 1.54) is 5.69 Å². The number of hydrogen-bond donors (Lipinski definition) is 1. The molecule has 7 nitrogen and oxygen atoms in total. The van der Waals surface area contributed by atoms with Crippen LogP contribution in [0.4, 0.5) is 0 Å². The summed E-state index contributed by atoms with van der Waals surface area (Å²) in [4.78, 5) is 33.3. The first-order valence-electron chi connectivity index (χ1n) is 12.3. The van der Waals surface area contributed by atoms with Crippen LogP contribution in [0.25, 0.3) is 10.9 Å². The van der Waals surface area contributed by atoms with Crippen molar-refractivity contribution in [1.29, 1.82) is 0 Å². The summed E-state index contributed by atoms with van der Waals surface area (Å²) in [5.41, 5.74) is 5.17. The molecule has 2 atom stereocenters. The number of nitrogens with one attached hydrogen (secondary N) is 1. The van der Waals surface area contributed by atoms with E-state index in [2.05, 4.69) is 39.0 Å². The third-order valence-electron chi connectivity index (χ3n) is 7.59. The molecular formula is C28H32N4O3. The normalized spacial score (nSPS) is 16.3. The number of fused-ring (bicyclic) bond motifs is 2. The highest BCUT2D eigenvalue weighted by molar-refractivity contribution is 6.09. The van der Waals surface area contributed by atoms with Gasteiger partial charge < -0.3 is 18.9 Å². The maximum absolute atomic E-state index is 13.6. The summed E-state index contributed by atoms with van der Waals surface area (Å²) in [6.07, 6.45) is 6.52.